The Morgan fingerprint density at radius 2 is 1.60 bits per heavy atom. The van der Waals surface area contributed by atoms with Crippen LogP contribution in [0.3, 0.4) is 0 Å². The van der Waals surface area contributed by atoms with Crippen LogP contribution in [-0.2, 0) is 70.0 Å². The number of likely N-dealkylation sites (tertiary alicyclic amines) is 1. The zero-order valence-electron chi connectivity index (χ0n) is 53.3. The SMILES string of the molecule is CCc1c2c(nc3ccc(OC(=O)N(C)CCN(C)C(=O)OCc4ccc(NC(=O)[C@H](CCCNC(N)=O)NC(=O)C(NC(=O)CCCCCN5C(=O)CC(SCCCC(C)(CC)CC)C5=O)C(C)C)cc4)cc13)-c1cc3c(c(=O)n1C2)COC(=O)C3(O)CC. The van der Waals surface area contributed by atoms with Crippen molar-refractivity contribution in [2.24, 2.45) is 17.1 Å². The van der Waals surface area contributed by atoms with Crippen LogP contribution in [0.15, 0.2) is 53.3 Å². The molecular formula is C65H88N10O14S. The van der Waals surface area contributed by atoms with E-state index in [-0.39, 0.29) is 123 Å². The zero-order chi connectivity index (χ0) is 65.6. The second-order valence-electron chi connectivity index (χ2n) is 24.2. The predicted octanol–water partition coefficient (Wildman–Crippen LogP) is 7.38. The number of anilines is 1. The summed E-state index contributed by atoms with van der Waals surface area (Å²) in [7, 11) is 3.06. The Balaban J connectivity index is 0.846. The third kappa shape index (κ3) is 16.9. The number of likely N-dealkylation sites (N-methyl/N-ethyl adjacent to an activating group) is 2. The van der Waals surface area contributed by atoms with E-state index >= 15 is 0 Å². The molecule has 0 bridgehead atoms. The summed E-state index contributed by atoms with van der Waals surface area (Å²) < 4.78 is 18.1. The number of rotatable bonds is 31. The highest BCUT2D eigenvalue weighted by Crippen LogP contribution is 2.41. The van der Waals surface area contributed by atoms with E-state index in [9.17, 15) is 53.1 Å². The summed E-state index contributed by atoms with van der Waals surface area (Å²) in [4.78, 5) is 140. The van der Waals surface area contributed by atoms with Crippen molar-refractivity contribution in [1.29, 1.82) is 0 Å². The number of ether oxygens (including phenoxy) is 3. The molecule has 24 nitrogen and oxygen atoms in total. The Morgan fingerprint density at radius 3 is 2.27 bits per heavy atom. The summed E-state index contributed by atoms with van der Waals surface area (Å²) in [5, 5.41) is 22.5. The van der Waals surface area contributed by atoms with Crippen molar-refractivity contribution in [2.75, 3.05) is 51.3 Å². The lowest BCUT2D eigenvalue weighted by atomic mass is 9.81. The topological polar surface area (TPSA) is 320 Å². The van der Waals surface area contributed by atoms with Crippen LogP contribution >= 0.6 is 11.8 Å². The van der Waals surface area contributed by atoms with Crippen molar-refractivity contribution in [3.8, 4) is 17.1 Å². The Morgan fingerprint density at radius 1 is 0.889 bits per heavy atom. The molecule has 3 aliphatic heterocycles. The summed E-state index contributed by atoms with van der Waals surface area (Å²) in [6.07, 6.45) is 5.84. The first kappa shape index (κ1) is 69.4. The van der Waals surface area contributed by atoms with E-state index in [4.69, 9.17) is 24.9 Å². The van der Waals surface area contributed by atoms with Crippen molar-refractivity contribution in [1.82, 2.24) is 40.2 Å². The van der Waals surface area contributed by atoms with E-state index < -0.39 is 53.7 Å². The number of aryl methyl sites for hydroxylation is 1. The van der Waals surface area contributed by atoms with Gasteiger partial charge in [0.05, 0.1) is 34.3 Å². The number of hydrogen-bond donors (Lipinski definition) is 6. The van der Waals surface area contributed by atoms with Crippen LogP contribution < -0.4 is 37.3 Å². The van der Waals surface area contributed by atoms with Gasteiger partial charge in [-0.05, 0) is 116 Å². The second kappa shape index (κ2) is 31.1. The molecule has 0 spiro atoms. The monoisotopic (exact) mass is 1260 g/mol. The van der Waals surface area contributed by atoms with Crippen molar-refractivity contribution < 1.29 is 62.5 Å². The highest BCUT2D eigenvalue weighted by atomic mass is 32.2. The van der Waals surface area contributed by atoms with E-state index in [2.05, 4.69) is 42.0 Å². The maximum atomic E-state index is 13.8. The van der Waals surface area contributed by atoms with E-state index in [1.54, 1.807) is 85.6 Å². The lowest BCUT2D eigenvalue weighted by Gasteiger charge is -2.31. The predicted molar refractivity (Wildman–Crippen MR) is 340 cm³/mol. The molecule has 0 aliphatic carbocycles. The molecule has 4 atom stereocenters. The molecule has 488 valence electrons. The molecule has 25 heteroatoms. The number of aliphatic hydroxyl groups is 1. The normalized spacial score (nSPS) is 16.6. The number of nitrogens with one attached hydrogen (secondary N) is 4. The van der Waals surface area contributed by atoms with Crippen LogP contribution in [-0.4, -0.2) is 146 Å². The minimum atomic E-state index is -1.95. The van der Waals surface area contributed by atoms with Crippen LogP contribution in [0.4, 0.5) is 20.1 Å². The molecular weight excluding hydrogens is 1180 g/mol. The number of urea groups is 1. The minimum Gasteiger partial charge on any atom is -0.458 e. The van der Waals surface area contributed by atoms with Gasteiger partial charge >= 0.3 is 24.2 Å². The first-order valence-electron chi connectivity index (χ1n) is 31.3. The molecule has 3 unspecified atom stereocenters. The Kier molecular flexibility index (Phi) is 24.0. The number of primary amides is 1. The maximum absolute atomic E-state index is 13.8. The van der Waals surface area contributed by atoms with Gasteiger partial charge in [-0.3, -0.25) is 33.7 Å². The number of aromatic nitrogens is 2. The number of esters is 1. The van der Waals surface area contributed by atoms with E-state index in [1.165, 1.54) is 28.8 Å². The first-order chi connectivity index (χ1) is 42.8. The van der Waals surface area contributed by atoms with Gasteiger partial charge in [-0.2, -0.15) is 0 Å². The Hall–Kier alpha value is -8.06. The third-order valence-corrected chi connectivity index (χ3v) is 18.9. The summed E-state index contributed by atoms with van der Waals surface area (Å²) in [6, 6.07) is 10.4. The number of pyridine rings is 2. The minimum absolute atomic E-state index is 0.0244. The number of amides is 9. The highest BCUT2D eigenvalue weighted by molar-refractivity contribution is 8.00. The van der Waals surface area contributed by atoms with Crippen LogP contribution in [0, 0.1) is 11.3 Å². The lowest BCUT2D eigenvalue weighted by Crippen LogP contribution is -2.54. The molecule has 90 heavy (non-hydrogen) atoms. The van der Waals surface area contributed by atoms with Crippen LogP contribution in [0.5, 0.6) is 5.75 Å². The van der Waals surface area contributed by atoms with E-state index in [1.807, 2.05) is 6.92 Å². The average Bonchev–Trinajstić information content (AvgIpc) is 1.49. The largest absolute Gasteiger partial charge is 0.458 e. The second-order valence-corrected chi connectivity index (χ2v) is 25.5. The lowest BCUT2D eigenvalue weighted by molar-refractivity contribution is -0.172. The Bertz CT molecular complexity index is 3390. The van der Waals surface area contributed by atoms with Crippen LogP contribution in [0.25, 0.3) is 22.3 Å². The maximum Gasteiger partial charge on any atom is 0.415 e. The standard InChI is InChI=1S/C65H88N10O14S/c1-10-43-44-33-42(25-26-48(44)69-55-45(43)36-75-50(55)34-47-46(58(75)80)38-87-60(82)65(47,86)13-4)89-63(85)73(9)31-30-72(8)62(84)88-37-40-21-23-41(24-22-40)68-56(78)49(19-17-28-67-61(66)83)70-57(79)54(39(5)6)71-52(76)20-15-14-16-29-74-53(77)35-51(59(74)81)90-32-18-27-64(7,11-2)12-3/h21-26,33-34,39,49,51,54,86H,10-20,27-32,35-38H2,1-9H3,(H,68,78)(H,70,79)(H,71,76)(H3,66,67,83)/t49-,51?,54?,65?/m0/s1. The van der Waals surface area contributed by atoms with Crippen LogP contribution in [0.1, 0.15) is 153 Å². The highest BCUT2D eigenvalue weighted by Gasteiger charge is 2.46. The molecule has 0 radical (unpaired) electrons. The zero-order valence-corrected chi connectivity index (χ0v) is 54.1. The molecule has 9 amide bonds. The smallest absolute Gasteiger partial charge is 0.415 e. The van der Waals surface area contributed by atoms with E-state index in [0.29, 0.717) is 65.8 Å². The summed E-state index contributed by atoms with van der Waals surface area (Å²) >= 11 is 1.56. The van der Waals surface area contributed by atoms with Gasteiger partial charge in [-0.1, -0.05) is 79.9 Å². The number of benzene rings is 2. The third-order valence-electron chi connectivity index (χ3n) is 17.6. The Labute approximate surface area is 529 Å². The quantitative estimate of drug-likeness (QED) is 0.0143. The summed E-state index contributed by atoms with van der Waals surface area (Å²) in [5.41, 5.74) is 8.00. The van der Waals surface area contributed by atoms with Gasteiger partial charge in [-0.25, -0.2) is 24.2 Å². The number of nitrogens with zero attached hydrogens (tertiary/aromatic N) is 5. The average molecular weight is 1270 g/mol. The van der Waals surface area contributed by atoms with Crippen LogP contribution in [0.2, 0.25) is 0 Å². The van der Waals surface area contributed by atoms with Gasteiger partial charge < -0.3 is 60.7 Å². The molecule has 7 rings (SSSR count). The van der Waals surface area contributed by atoms with Crippen molar-refractivity contribution in [2.45, 2.75) is 175 Å². The molecule has 1 fully saturated rings. The number of carbonyl (C=O) groups is 9. The molecule has 1 saturated heterocycles. The first-order valence-corrected chi connectivity index (χ1v) is 32.3. The molecule has 4 aromatic rings. The van der Waals surface area contributed by atoms with Crippen molar-refractivity contribution >= 4 is 82.1 Å². The van der Waals surface area contributed by atoms with Gasteiger partial charge in [-0.15, -0.1) is 11.8 Å². The van der Waals surface area contributed by atoms with Crippen molar-refractivity contribution in [3.05, 3.63) is 86.7 Å². The molecule has 7 N–H and O–H groups in total. The number of imide groups is 1. The number of thioether (sulfide) groups is 1. The number of carbonyl (C=O) groups excluding carboxylic acids is 9. The molecule has 5 heterocycles. The van der Waals surface area contributed by atoms with Crippen molar-refractivity contribution in [3.63, 3.8) is 0 Å². The number of nitrogens with two attached hydrogens (primary N) is 1. The molecule has 2 aromatic carbocycles. The van der Waals surface area contributed by atoms with Gasteiger partial charge in [0.1, 0.15) is 31.0 Å². The van der Waals surface area contributed by atoms with E-state index in [0.717, 1.165) is 47.9 Å². The van der Waals surface area contributed by atoms with Gasteiger partial charge in [0.2, 0.25) is 29.5 Å². The number of hydrogen-bond acceptors (Lipinski definition) is 16. The van der Waals surface area contributed by atoms with Gasteiger partial charge in [0.25, 0.3) is 5.56 Å². The summed E-state index contributed by atoms with van der Waals surface area (Å²) in [6.45, 7) is 14.3. The number of fused-ring (bicyclic) bond motifs is 5. The van der Waals surface area contributed by atoms with Gasteiger partial charge in [0.15, 0.2) is 5.60 Å². The fourth-order valence-corrected chi connectivity index (χ4v) is 12.5. The molecule has 0 saturated carbocycles. The fourth-order valence-electron chi connectivity index (χ4n) is 11.3. The molecule has 2 aromatic heterocycles. The van der Waals surface area contributed by atoms with Gasteiger partial charge in [0, 0.05) is 75.3 Å². The number of unbranched alkanes of at least 4 members (excludes halogenated alkanes) is 2. The fraction of sp³-hybridized carbons (Fsp3) is 0.554. The number of cyclic esters (lactones) is 1. The summed E-state index contributed by atoms with van der Waals surface area (Å²) in [5.74, 6) is -1.87. The molecule has 3 aliphatic rings.